The smallest absolute Gasteiger partial charge is 0.306 e. The summed E-state index contributed by atoms with van der Waals surface area (Å²) in [5.74, 6) is 0.431. The minimum atomic E-state index is -0.0685. The lowest BCUT2D eigenvalue weighted by Gasteiger charge is -2.05. The van der Waals surface area contributed by atoms with Crippen LogP contribution in [0.4, 0.5) is 0 Å². The van der Waals surface area contributed by atoms with Gasteiger partial charge in [0.05, 0.1) is 11.0 Å². The topological polar surface area (TPSA) is 37.8 Å². The molecule has 15 heavy (non-hydrogen) atoms. The van der Waals surface area contributed by atoms with Gasteiger partial charge in [0.2, 0.25) is 0 Å². The Balaban J connectivity index is 2.65. The molecule has 2 rings (SSSR count). The van der Waals surface area contributed by atoms with E-state index in [0.29, 0.717) is 17.5 Å². The first-order valence-electron chi connectivity index (χ1n) is 4.96. The summed E-state index contributed by atoms with van der Waals surface area (Å²) < 4.78 is 1.73. The van der Waals surface area contributed by atoms with Gasteiger partial charge in [0.1, 0.15) is 0 Å². The van der Waals surface area contributed by atoms with Crippen LogP contribution in [0.15, 0.2) is 23.0 Å². The maximum atomic E-state index is 11.6. The van der Waals surface area contributed by atoms with Gasteiger partial charge in [-0.2, -0.15) is 0 Å². The second kappa shape index (κ2) is 3.74. The van der Waals surface area contributed by atoms with Gasteiger partial charge in [-0.25, -0.2) is 4.79 Å². The quantitative estimate of drug-likeness (QED) is 0.837. The monoisotopic (exact) mass is 224 g/mol. The van der Waals surface area contributed by atoms with Crippen molar-refractivity contribution >= 4 is 22.6 Å². The number of hydrogen-bond acceptors (Lipinski definition) is 1. The number of imidazole rings is 1. The van der Waals surface area contributed by atoms with Gasteiger partial charge in [0.15, 0.2) is 0 Å². The highest BCUT2D eigenvalue weighted by Crippen LogP contribution is 2.17. The predicted molar refractivity (Wildman–Crippen MR) is 62.4 cm³/mol. The summed E-state index contributed by atoms with van der Waals surface area (Å²) >= 11 is 5.91. The first-order valence-corrected chi connectivity index (χ1v) is 5.34. The zero-order valence-electron chi connectivity index (χ0n) is 8.75. The van der Waals surface area contributed by atoms with E-state index >= 15 is 0 Å². The minimum absolute atomic E-state index is 0.0685. The van der Waals surface area contributed by atoms with Gasteiger partial charge >= 0.3 is 5.69 Å². The Morgan fingerprint density at radius 2 is 2.20 bits per heavy atom. The average Bonchev–Trinajstić information content (AvgIpc) is 2.43. The first-order chi connectivity index (χ1) is 7.08. The maximum absolute atomic E-state index is 11.6. The Labute approximate surface area is 92.7 Å². The average molecular weight is 225 g/mol. The summed E-state index contributed by atoms with van der Waals surface area (Å²) in [6.07, 6.45) is 0. The molecule has 4 heteroatoms. The van der Waals surface area contributed by atoms with Crippen molar-refractivity contribution in [2.45, 2.75) is 20.4 Å². The fourth-order valence-corrected chi connectivity index (χ4v) is 1.84. The number of aromatic nitrogens is 2. The predicted octanol–water partition coefficient (Wildman–Crippen LogP) is 2.64. The molecule has 0 unspecified atom stereocenters. The first kappa shape index (κ1) is 10.3. The van der Waals surface area contributed by atoms with Gasteiger partial charge in [-0.05, 0) is 24.1 Å². The number of H-pyrrole nitrogens is 1. The number of nitrogens with zero attached hydrogens (tertiary/aromatic N) is 1. The molecule has 1 aromatic carbocycles. The molecule has 3 nitrogen and oxygen atoms in total. The van der Waals surface area contributed by atoms with Crippen LogP contribution in [-0.4, -0.2) is 9.55 Å². The summed E-state index contributed by atoms with van der Waals surface area (Å²) in [5, 5.41) is 0.652. The molecule has 0 radical (unpaired) electrons. The van der Waals surface area contributed by atoms with Crippen molar-refractivity contribution in [2.24, 2.45) is 5.92 Å². The zero-order chi connectivity index (χ0) is 11.0. The summed E-state index contributed by atoms with van der Waals surface area (Å²) in [4.78, 5) is 14.5. The third-order valence-electron chi connectivity index (χ3n) is 2.29. The number of fused-ring (bicyclic) bond motifs is 1. The molecular weight excluding hydrogens is 212 g/mol. The van der Waals surface area contributed by atoms with Gasteiger partial charge in [-0.1, -0.05) is 25.4 Å². The van der Waals surface area contributed by atoms with Crippen molar-refractivity contribution in [2.75, 3.05) is 0 Å². The molecule has 2 aromatic rings. The molecule has 1 heterocycles. The third-order valence-corrected chi connectivity index (χ3v) is 2.52. The van der Waals surface area contributed by atoms with Crippen LogP contribution in [-0.2, 0) is 6.54 Å². The summed E-state index contributed by atoms with van der Waals surface area (Å²) in [7, 11) is 0. The van der Waals surface area contributed by atoms with Crippen molar-refractivity contribution in [1.82, 2.24) is 9.55 Å². The van der Waals surface area contributed by atoms with Gasteiger partial charge < -0.3 is 4.98 Å². The number of halogens is 1. The highest BCUT2D eigenvalue weighted by molar-refractivity contribution is 6.31. The zero-order valence-corrected chi connectivity index (χ0v) is 9.51. The number of nitrogens with one attached hydrogen (secondary N) is 1. The fraction of sp³-hybridized carbons (Fsp3) is 0.364. The molecule has 80 valence electrons. The molecule has 0 aliphatic heterocycles. The largest absolute Gasteiger partial charge is 0.326 e. The number of hydrogen-bond donors (Lipinski definition) is 1. The van der Waals surface area contributed by atoms with E-state index in [4.69, 9.17) is 11.6 Å². The van der Waals surface area contributed by atoms with Crippen molar-refractivity contribution in [3.63, 3.8) is 0 Å². The lowest BCUT2D eigenvalue weighted by atomic mass is 10.2. The van der Waals surface area contributed by atoms with Crippen molar-refractivity contribution in [3.05, 3.63) is 33.7 Å². The Kier molecular flexibility index (Phi) is 2.57. The molecule has 0 atom stereocenters. The molecule has 0 bridgehead atoms. The van der Waals surface area contributed by atoms with Crippen LogP contribution in [0.25, 0.3) is 11.0 Å². The number of benzene rings is 1. The fourth-order valence-electron chi connectivity index (χ4n) is 1.67. The van der Waals surface area contributed by atoms with E-state index in [9.17, 15) is 4.79 Å². The second-order valence-electron chi connectivity index (χ2n) is 4.10. The molecule has 1 N–H and O–H groups in total. The molecular formula is C11H13ClN2O. The van der Waals surface area contributed by atoms with Gasteiger partial charge in [0, 0.05) is 11.6 Å². The Bertz CT molecular complexity index is 539. The van der Waals surface area contributed by atoms with Crippen molar-refractivity contribution in [3.8, 4) is 0 Å². The highest BCUT2D eigenvalue weighted by Gasteiger charge is 2.07. The van der Waals surface area contributed by atoms with Crippen LogP contribution < -0.4 is 5.69 Å². The maximum Gasteiger partial charge on any atom is 0.326 e. The summed E-state index contributed by atoms with van der Waals surface area (Å²) in [6.45, 7) is 4.87. The molecule has 0 aliphatic rings. The van der Waals surface area contributed by atoms with Gasteiger partial charge in [-0.3, -0.25) is 4.57 Å². The van der Waals surface area contributed by atoms with E-state index in [1.54, 1.807) is 10.6 Å². The van der Waals surface area contributed by atoms with E-state index in [0.717, 1.165) is 11.0 Å². The minimum Gasteiger partial charge on any atom is -0.306 e. The molecule has 0 spiro atoms. The SMILES string of the molecule is CC(C)Cn1c(=O)[nH]c2ccc(Cl)cc21. The number of rotatable bonds is 2. The molecule has 1 aromatic heterocycles. The van der Waals surface area contributed by atoms with E-state index < -0.39 is 0 Å². The van der Waals surface area contributed by atoms with E-state index in [1.807, 2.05) is 12.1 Å². The van der Waals surface area contributed by atoms with E-state index in [1.165, 1.54) is 0 Å². The Hall–Kier alpha value is -1.22. The van der Waals surface area contributed by atoms with Crippen LogP contribution >= 0.6 is 11.6 Å². The Morgan fingerprint density at radius 1 is 1.47 bits per heavy atom. The lowest BCUT2D eigenvalue weighted by Crippen LogP contribution is -2.19. The third kappa shape index (κ3) is 1.92. The molecule has 0 saturated carbocycles. The van der Waals surface area contributed by atoms with Crippen molar-refractivity contribution < 1.29 is 0 Å². The van der Waals surface area contributed by atoms with Gasteiger partial charge in [0.25, 0.3) is 0 Å². The van der Waals surface area contributed by atoms with E-state index in [-0.39, 0.29) is 5.69 Å². The van der Waals surface area contributed by atoms with E-state index in [2.05, 4.69) is 18.8 Å². The van der Waals surface area contributed by atoms with Crippen LogP contribution in [0.3, 0.4) is 0 Å². The lowest BCUT2D eigenvalue weighted by molar-refractivity contribution is 0.522. The van der Waals surface area contributed by atoms with Gasteiger partial charge in [-0.15, -0.1) is 0 Å². The highest BCUT2D eigenvalue weighted by atomic mass is 35.5. The van der Waals surface area contributed by atoms with Crippen LogP contribution in [0.5, 0.6) is 0 Å². The van der Waals surface area contributed by atoms with Crippen molar-refractivity contribution in [1.29, 1.82) is 0 Å². The Morgan fingerprint density at radius 3 is 2.87 bits per heavy atom. The molecule has 0 fully saturated rings. The number of aromatic amines is 1. The normalized spacial score (nSPS) is 11.5. The van der Waals surface area contributed by atoms with Crippen LogP contribution in [0.2, 0.25) is 5.02 Å². The summed E-state index contributed by atoms with van der Waals surface area (Å²) in [5.41, 5.74) is 1.65. The molecule has 0 saturated heterocycles. The van der Waals surface area contributed by atoms with Crippen LogP contribution in [0, 0.1) is 5.92 Å². The molecule has 0 aliphatic carbocycles. The standard InChI is InChI=1S/C11H13ClN2O/c1-7(2)6-14-10-5-8(12)3-4-9(10)13-11(14)15/h3-5,7H,6H2,1-2H3,(H,13,15). The molecule has 0 amide bonds. The van der Waals surface area contributed by atoms with Crippen LogP contribution in [0.1, 0.15) is 13.8 Å². The second-order valence-corrected chi connectivity index (χ2v) is 4.53. The summed E-state index contributed by atoms with van der Waals surface area (Å²) in [6, 6.07) is 5.42.